The quantitative estimate of drug-likeness (QED) is 0.169. The number of aromatic nitrogens is 2. The van der Waals surface area contributed by atoms with Crippen LogP contribution in [0.1, 0.15) is 25.1 Å². The van der Waals surface area contributed by atoms with E-state index in [1.165, 1.54) is 6.92 Å². The topological polar surface area (TPSA) is 158 Å². The van der Waals surface area contributed by atoms with Crippen LogP contribution in [0.15, 0.2) is 88.6 Å². The molecule has 12 nitrogen and oxygen atoms in total. The van der Waals surface area contributed by atoms with Crippen LogP contribution in [-0.4, -0.2) is 45.5 Å². The van der Waals surface area contributed by atoms with E-state index in [4.69, 9.17) is 18.5 Å². The van der Waals surface area contributed by atoms with Crippen molar-refractivity contribution in [1.29, 1.82) is 0 Å². The van der Waals surface area contributed by atoms with Gasteiger partial charge in [-0.2, -0.15) is 9.48 Å². The average Bonchev–Trinajstić information content (AvgIpc) is 3.37. The summed E-state index contributed by atoms with van der Waals surface area (Å²) in [6, 6.07) is 20.2. The molecule has 0 aliphatic carbocycles. The first kappa shape index (κ1) is 30.3. The lowest BCUT2D eigenvalue weighted by Crippen LogP contribution is -2.36. The number of nitrogens with zero attached hydrogens (tertiary/aromatic N) is 1. The number of aliphatic hydroxyl groups is 1. The fourth-order valence-corrected chi connectivity index (χ4v) is 6.04. The summed E-state index contributed by atoms with van der Waals surface area (Å²) in [6.07, 6.45) is -2.95. The van der Waals surface area contributed by atoms with Gasteiger partial charge < -0.3 is 19.1 Å². The number of hydrogen-bond donors (Lipinski definition) is 3. The Balaban J connectivity index is 1.33. The highest BCUT2D eigenvalue weighted by molar-refractivity contribution is 7.52. The highest BCUT2D eigenvalue weighted by Gasteiger charge is 2.40. The second-order valence-electron chi connectivity index (χ2n) is 9.88. The summed E-state index contributed by atoms with van der Waals surface area (Å²) in [5.74, 6) is -1.71. The summed E-state index contributed by atoms with van der Waals surface area (Å²) >= 11 is 0. The lowest BCUT2D eigenvalue weighted by Gasteiger charge is -2.25. The summed E-state index contributed by atoms with van der Waals surface area (Å²) in [5.41, 5.74) is -1.36. The Labute approximate surface area is 244 Å². The van der Waals surface area contributed by atoms with Crippen LogP contribution in [0, 0.1) is 5.82 Å². The number of carbonyl (C=O) groups is 1. The third-order valence-corrected chi connectivity index (χ3v) is 8.37. The first-order valence-corrected chi connectivity index (χ1v) is 14.9. The first-order chi connectivity index (χ1) is 20.6. The van der Waals surface area contributed by atoms with E-state index in [0.717, 1.165) is 15.5 Å². The van der Waals surface area contributed by atoms with Gasteiger partial charge in [-0.25, -0.2) is 9.36 Å². The number of halogens is 1. The summed E-state index contributed by atoms with van der Waals surface area (Å²) < 4.78 is 51.4. The van der Waals surface area contributed by atoms with E-state index >= 15 is 0 Å². The fraction of sp³-hybridized carbons (Fsp3) is 0.276. The highest BCUT2D eigenvalue weighted by atomic mass is 31.2. The van der Waals surface area contributed by atoms with Gasteiger partial charge in [0.05, 0.1) is 18.9 Å². The highest BCUT2D eigenvalue weighted by Crippen LogP contribution is 2.47. The van der Waals surface area contributed by atoms with Gasteiger partial charge >= 0.3 is 19.4 Å². The minimum absolute atomic E-state index is 0.00472. The van der Waals surface area contributed by atoms with Crippen LogP contribution in [0.25, 0.3) is 10.8 Å². The maximum Gasteiger partial charge on any atom is 0.459 e. The van der Waals surface area contributed by atoms with Crippen molar-refractivity contribution in [3.63, 3.8) is 0 Å². The molecular weight excluding hydrogens is 584 g/mol. The molecule has 5 rings (SSSR count). The van der Waals surface area contributed by atoms with Crippen molar-refractivity contribution in [2.24, 2.45) is 0 Å². The average molecular weight is 614 g/mol. The number of aliphatic hydroxyl groups excluding tert-OH is 1. The predicted molar refractivity (Wildman–Crippen MR) is 153 cm³/mol. The summed E-state index contributed by atoms with van der Waals surface area (Å²) in [7, 11) is -4.36. The first-order valence-electron chi connectivity index (χ1n) is 13.4. The Morgan fingerprint density at radius 3 is 2.65 bits per heavy atom. The van der Waals surface area contributed by atoms with Gasteiger partial charge in [0.1, 0.15) is 30.7 Å². The molecule has 1 saturated heterocycles. The van der Waals surface area contributed by atoms with Gasteiger partial charge in [-0.1, -0.05) is 66.7 Å². The molecular formula is C29H29FN3O9P. The number of nitrogens with one attached hydrogen (secondary N) is 2. The van der Waals surface area contributed by atoms with Crippen molar-refractivity contribution in [1.82, 2.24) is 14.6 Å². The summed E-state index contributed by atoms with van der Waals surface area (Å²) in [4.78, 5) is 38.2. The van der Waals surface area contributed by atoms with E-state index in [1.807, 2.05) is 29.2 Å². The molecule has 2 unspecified atom stereocenters. The number of aromatic amines is 1. The van der Waals surface area contributed by atoms with Crippen molar-refractivity contribution >= 4 is 24.5 Å². The van der Waals surface area contributed by atoms with Gasteiger partial charge in [-0.3, -0.25) is 23.7 Å². The predicted octanol–water partition coefficient (Wildman–Crippen LogP) is 3.40. The molecule has 1 aromatic heterocycles. The number of fused-ring (bicyclic) bond motifs is 1. The van der Waals surface area contributed by atoms with E-state index in [9.17, 15) is 28.4 Å². The molecule has 3 aromatic carbocycles. The normalized spacial score (nSPS) is 20.4. The molecule has 0 radical (unpaired) electrons. The van der Waals surface area contributed by atoms with Crippen LogP contribution >= 0.6 is 7.75 Å². The molecule has 0 saturated carbocycles. The van der Waals surface area contributed by atoms with Crippen molar-refractivity contribution in [3.05, 3.63) is 111 Å². The number of esters is 1. The van der Waals surface area contributed by atoms with Crippen LogP contribution < -0.4 is 20.9 Å². The Morgan fingerprint density at radius 1 is 1.14 bits per heavy atom. The number of carbonyl (C=O) groups excluding carboxylic acids is 1. The molecule has 0 bridgehead atoms. The fourth-order valence-electron chi connectivity index (χ4n) is 4.52. The minimum atomic E-state index is -4.36. The molecule has 1 aliphatic heterocycles. The van der Waals surface area contributed by atoms with Crippen molar-refractivity contribution in [2.75, 3.05) is 6.61 Å². The lowest BCUT2D eigenvalue weighted by molar-refractivity contribution is -0.146. The third-order valence-electron chi connectivity index (χ3n) is 6.74. The van der Waals surface area contributed by atoms with E-state index in [0.29, 0.717) is 11.6 Å². The summed E-state index contributed by atoms with van der Waals surface area (Å²) in [5, 5.41) is 14.6. The Morgan fingerprint density at radius 2 is 1.86 bits per heavy atom. The molecule has 4 aromatic rings. The zero-order chi connectivity index (χ0) is 30.6. The van der Waals surface area contributed by atoms with Crippen molar-refractivity contribution < 1.29 is 37.4 Å². The summed E-state index contributed by atoms with van der Waals surface area (Å²) in [6.45, 7) is 0.929. The third kappa shape index (κ3) is 7.27. The van der Waals surface area contributed by atoms with Gasteiger partial charge in [0, 0.05) is 11.8 Å². The van der Waals surface area contributed by atoms with Crippen molar-refractivity contribution in [2.45, 2.75) is 44.4 Å². The standard InChI is InChI=1S/C29H29FN3O9P/c1-18(28(36)39-16-19-8-3-2-4-9-19)32-43(38,42-24-13-7-11-20-10-5-6-12-21(20)24)40-17-25-23(34)14-26(41-25)33-15-22(30)27(35)31-29(33)37/h2-13,15,18,23,25-26,34H,14,16-17H2,1H3,(H,32,38)(H,31,35,37)/t18-,23+,25?,26+,43?/m0/s1. The smallest absolute Gasteiger partial charge is 0.459 e. The molecule has 43 heavy (non-hydrogen) atoms. The number of benzene rings is 3. The Bertz CT molecular complexity index is 1760. The van der Waals surface area contributed by atoms with Crippen LogP contribution in [0.4, 0.5) is 4.39 Å². The van der Waals surface area contributed by atoms with Gasteiger partial charge in [0.2, 0.25) is 5.82 Å². The molecule has 0 amide bonds. The molecule has 2 heterocycles. The monoisotopic (exact) mass is 613 g/mol. The number of ether oxygens (including phenoxy) is 2. The number of H-pyrrole nitrogens is 1. The van der Waals surface area contributed by atoms with Gasteiger partial charge in [-0.05, 0) is 23.9 Å². The maximum absolute atomic E-state index is 14.1. The molecule has 1 fully saturated rings. The second-order valence-corrected chi connectivity index (χ2v) is 11.6. The van der Waals surface area contributed by atoms with E-state index in [2.05, 4.69) is 5.09 Å². The van der Waals surface area contributed by atoms with Gasteiger partial charge in [-0.15, -0.1) is 0 Å². The SMILES string of the molecule is C[C@H](NP(=O)(OCC1O[C@@H](n2cc(F)c(=O)[nH]c2=O)C[C@H]1O)Oc1cccc2ccccc12)C(=O)OCc1ccccc1. The van der Waals surface area contributed by atoms with Crippen LogP contribution in [0.5, 0.6) is 5.75 Å². The lowest BCUT2D eigenvalue weighted by atomic mass is 10.1. The molecule has 1 aliphatic rings. The van der Waals surface area contributed by atoms with E-state index < -0.39 is 61.9 Å². The van der Waals surface area contributed by atoms with Gasteiger partial charge in [0.15, 0.2) is 0 Å². The van der Waals surface area contributed by atoms with Crippen molar-refractivity contribution in [3.8, 4) is 5.75 Å². The Kier molecular flexibility index (Phi) is 9.19. The minimum Gasteiger partial charge on any atom is -0.460 e. The van der Waals surface area contributed by atoms with Gasteiger partial charge in [0.25, 0.3) is 5.56 Å². The van der Waals surface area contributed by atoms with E-state index in [-0.39, 0.29) is 18.8 Å². The zero-order valence-corrected chi connectivity index (χ0v) is 23.8. The maximum atomic E-state index is 14.1. The molecule has 5 atom stereocenters. The largest absolute Gasteiger partial charge is 0.460 e. The number of rotatable bonds is 11. The second kappa shape index (κ2) is 13.0. The Hall–Kier alpha value is -4.13. The molecule has 0 spiro atoms. The van der Waals surface area contributed by atoms with E-state index in [1.54, 1.807) is 48.5 Å². The molecule has 3 N–H and O–H groups in total. The van der Waals surface area contributed by atoms with Crippen LogP contribution in [0.2, 0.25) is 0 Å². The molecule has 14 heteroatoms. The zero-order valence-electron chi connectivity index (χ0n) is 22.9. The van der Waals surface area contributed by atoms with Crippen LogP contribution in [0.3, 0.4) is 0 Å². The number of hydrogen-bond acceptors (Lipinski definition) is 9. The van der Waals surface area contributed by atoms with Crippen LogP contribution in [-0.2, 0) is 30.0 Å². The molecule has 226 valence electrons.